The van der Waals surface area contributed by atoms with Crippen molar-refractivity contribution in [3.8, 4) is 0 Å². The second kappa shape index (κ2) is 6.76. The van der Waals surface area contributed by atoms with Crippen molar-refractivity contribution in [3.63, 3.8) is 0 Å². The minimum Gasteiger partial charge on any atom is -0.373 e. The Bertz CT molecular complexity index is 575. The minimum atomic E-state index is 0.201. The van der Waals surface area contributed by atoms with Gasteiger partial charge in [0.2, 0.25) is 0 Å². The van der Waals surface area contributed by atoms with E-state index in [9.17, 15) is 0 Å². The summed E-state index contributed by atoms with van der Waals surface area (Å²) in [4.78, 5) is 11.2. The van der Waals surface area contributed by atoms with Crippen molar-refractivity contribution in [1.82, 2.24) is 9.97 Å². The molecule has 0 spiro atoms. The molecule has 0 radical (unpaired) electrons. The van der Waals surface area contributed by atoms with Crippen LogP contribution in [-0.4, -0.2) is 24.1 Å². The topological polar surface area (TPSA) is 41.1 Å². The van der Waals surface area contributed by atoms with Gasteiger partial charge in [0.1, 0.15) is 17.5 Å². The Balaban J connectivity index is 2.29. The molecule has 112 valence electrons. The largest absolute Gasteiger partial charge is 0.373 e. The zero-order valence-electron chi connectivity index (χ0n) is 12.9. The van der Waals surface area contributed by atoms with Crippen molar-refractivity contribution in [3.05, 3.63) is 46.7 Å². The molecule has 4 nitrogen and oxygen atoms in total. The van der Waals surface area contributed by atoms with E-state index in [1.165, 1.54) is 5.56 Å². The molecule has 0 saturated heterocycles. The second-order valence-corrected chi connectivity index (χ2v) is 5.41. The van der Waals surface area contributed by atoms with Gasteiger partial charge in [0.25, 0.3) is 0 Å². The molecule has 0 aliphatic rings. The molecule has 1 heterocycles. The van der Waals surface area contributed by atoms with Gasteiger partial charge in [0.05, 0.1) is 6.04 Å². The van der Waals surface area contributed by atoms with Gasteiger partial charge in [-0.25, -0.2) is 9.97 Å². The number of halogens is 1. The molecule has 0 amide bonds. The summed E-state index contributed by atoms with van der Waals surface area (Å²) in [5, 5.41) is 3.84. The van der Waals surface area contributed by atoms with Crippen molar-refractivity contribution in [2.24, 2.45) is 0 Å². The Morgan fingerprint density at radius 2 is 1.90 bits per heavy atom. The highest BCUT2D eigenvalue weighted by molar-refractivity contribution is 6.30. The number of benzene rings is 1. The number of nitrogens with one attached hydrogen (secondary N) is 1. The summed E-state index contributed by atoms with van der Waals surface area (Å²) in [6.45, 7) is 4.21. The van der Waals surface area contributed by atoms with Crippen molar-refractivity contribution in [2.45, 2.75) is 26.3 Å². The maximum atomic E-state index is 5.95. The molecule has 1 atom stereocenters. The first-order valence-corrected chi connectivity index (χ1v) is 7.47. The van der Waals surface area contributed by atoms with Crippen molar-refractivity contribution < 1.29 is 0 Å². The lowest BCUT2D eigenvalue weighted by molar-refractivity contribution is 0.722. The molecule has 1 N–H and O–H groups in total. The van der Waals surface area contributed by atoms with Gasteiger partial charge in [-0.3, -0.25) is 0 Å². The SMILES string of the molecule is CCc1nc(NC)cc(N(C)C(C)c2ccc(Cl)cc2)n1. The van der Waals surface area contributed by atoms with E-state index in [-0.39, 0.29) is 6.04 Å². The van der Waals surface area contributed by atoms with E-state index >= 15 is 0 Å². The average molecular weight is 305 g/mol. The zero-order chi connectivity index (χ0) is 15.4. The number of aryl methyl sites for hydroxylation is 1. The van der Waals surface area contributed by atoms with E-state index in [1.807, 2.05) is 44.4 Å². The van der Waals surface area contributed by atoms with Crippen LogP contribution in [0.25, 0.3) is 0 Å². The number of anilines is 2. The van der Waals surface area contributed by atoms with Crippen LogP contribution in [-0.2, 0) is 6.42 Å². The normalized spacial score (nSPS) is 12.0. The van der Waals surface area contributed by atoms with Crippen LogP contribution in [0, 0.1) is 0 Å². The van der Waals surface area contributed by atoms with Crippen LogP contribution >= 0.6 is 11.6 Å². The molecule has 2 aromatic rings. The second-order valence-electron chi connectivity index (χ2n) is 4.97. The molecular weight excluding hydrogens is 284 g/mol. The highest BCUT2D eigenvalue weighted by atomic mass is 35.5. The summed E-state index contributed by atoms with van der Waals surface area (Å²) < 4.78 is 0. The molecule has 0 bridgehead atoms. The van der Waals surface area contributed by atoms with Gasteiger partial charge in [0.15, 0.2) is 0 Å². The minimum absolute atomic E-state index is 0.201. The van der Waals surface area contributed by atoms with Gasteiger partial charge in [-0.1, -0.05) is 30.7 Å². The van der Waals surface area contributed by atoms with Crippen LogP contribution in [0.1, 0.15) is 31.3 Å². The lowest BCUT2D eigenvalue weighted by Crippen LogP contribution is -2.23. The standard InChI is InChI=1S/C16H21ClN4/c1-5-14-19-15(18-3)10-16(20-14)21(4)11(2)12-6-8-13(17)9-7-12/h6-11H,5H2,1-4H3,(H,18,19,20). The molecule has 0 fully saturated rings. The molecule has 0 aliphatic carbocycles. The molecule has 21 heavy (non-hydrogen) atoms. The number of rotatable bonds is 5. The summed E-state index contributed by atoms with van der Waals surface area (Å²) in [5.41, 5.74) is 1.20. The first kappa shape index (κ1) is 15.6. The fourth-order valence-corrected chi connectivity index (χ4v) is 2.24. The maximum absolute atomic E-state index is 5.95. The van der Waals surface area contributed by atoms with Gasteiger partial charge < -0.3 is 10.2 Å². The summed E-state index contributed by atoms with van der Waals surface area (Å²) in [6, 6.07) is 10.1. The number of nitrogens with zero attached hydrogens (tertiary/aromatic N) is 3. The molecule has 0 saturated carbocycles. The average Bonchev–Trinajstić information content (AvgIpc) is 2.53. The Kier molecular flexibility index (Phi) is 5.02. The third kappa shape index (κ3) is 3.64. The van der Waals surface area contributed by atoms with E-state index in [0.29, 0.717) is 0 Å². The van der Waals surface area contributed by atoms with Crippen LogP contribution in [0.15, 0.2) is 30.3 Å². The highest BCUT2D eigenvalue weighted by Crippen LogP contribution is 2.26. The van der Waals surface area contributed by atoms with E-state index < -0.39 is 0 Å². The van der Waals surface area contributed by atoms with E-state index in [4.69, 9.17) is 11.6 Å². The maximum Gasteiger partial charge on any atom is 0.134 e. The van der Waals surface area contributed by atoms with Crippen molar-refractivity contribution in [1.29, 1.82) is 0 Å². The molecule has 1 aromatic heterocycles. The lowest BCUT2D eigenvalue weighted by Gasteiger charge is -2.27. The third-order valence-electron chi connectivity index (χ3n) is 3.63. The molecule has 2 rings (SSSR count). The molecule has 1 aromatic carbocycles. The summed E-state index contributed by atoms with van der Waals surface area (Å²) in [6.07, 6.45) is 0.811. The predicted molar refractivity (Wildman–Crippen MR) is 89.2 cm³/mol. The van der Waals surface area contributed by atoms with Crippen LogP contribution in [0.4, 0.5) is 11.6 Å². The molecular formula is C16H21ClN4. The first-order chi connectivity index (χ1) is 10.0. The van der Waals surface area contributed by atoms with Gasteiger partial charge in [-0.2, -0.15) is 0 Å². The van der Waals surface area contributed by atoms with Crippen LogP contribution < -0.4 is 10.2 Å². The third-order valence-corrected chi connectivity index (χ3v) is 3.88. The fourth-order valence-electron chi connectivity index (χ4n) is 2.11. The summed E-state index contributed by atoms with van der Waals surface area (Å²) in [5.74, 6) is 2.59. The number of hydrogen-bond donors (Lipinski definition) is 1. The van der Waals surface area contributed by atoms with E-state index in [1.54, 1.807) is 0 Å². The summed E-state index contributed by atoms with van der Waals surface area (Å²) in [7, 11) is 3.91. The van der Waals surface area contributed by atoms with Gasteiger partial charge in [-0.05, 0) is 24.6 Å². The van der Waals surface area contributed by atoms with Crippen LogP contribution in [0.2, 0.25) is 5.02 Å². The van der Waals surface area contributed by atoms with E-state index in [0.717, 1.165) is 28.9 Å². The molecule has 1 unspecified atom stereocenters. The lowest BCUT2D eigenvalue weighted by atomic mass is 10.1. The number of hydrogen-bond acceptors (Lipinski definition) is 4. The number of aromatic nitrogens is 2. The molecule has 0 aliphatic heterocycles. The van der Waals surface area contributed by atoms with Gasteiger partial charge >= 0.3 is 0 Å². The highest BCUT2D eigenvalue weighted by Gasteiger charge is 2.15. The first-order valence-electron chi connectivity index (χ1n) is 7.09. The Morgan fingerprint density at radius 3 is 2.48 bits per heavy atom. The van der Waals surface area contributed by atoms with Crippen LogP contribution in [0.3, 0.4) is 0 Å². The fraction of sp³-hybridized carbons (Fsp3) is 0.375. The smallest absolute Gasteiger partial charge is 0.134 e. The van der Waals surface area contributed by atoms with Gasteiger partial charge in [0, 0.05) is 31.6 Å². The van der Waals surface area contributed by atoms with E-state index in [2.05, 4.69) is 34.0 Å². The van der Waals surface area contributed by atoms with Gasteiger partial charge in [-0.15, -0.1) is 0 Å². The predicted octanol–water partition coefficient (Wildman–Crippen LogP) is 3.93. The summed E-state index contributed by atoms with van der Waals surface area (Å²) >= 11 is 5.95. The molecule has 5 heteroatoms. The zero-order valence-corrected chi connectivity index (χ0v) is 13.6. The van der Waals surface area contributed by atoms with Crippen molar-refractivity contribution in [2.75, 3.05) is 24.3 Å². The Hall–Kier alpha value is -1.81. The quantitative estimate of drug-likeness (QED) is 0.908. The Labute approximate surface area is 131 Å². The monoisotopic (exact) mass is 304 g/mol. The van der Waals surface area contributed by atoms with Crippen molar-refractivity contribution >= 4 is 23.2 Å². The van der Waals surface area contributed by atoms with Crippen LogP contribution in [0.5, 0.6) is 0 Å². The Morgan fingerprint density at radius 1 is 1.24 bits per heavy atom.